The molecule has 0 saturated heterocycles. The van der Waals surface area contributed by atoms with E-state index in [0.29, 0.717) is 25.7 Å². The van der Waals surface area contributed by atoms with Crippen LogP contribution in [0.15, 0.2) is 18.2 Å². The fourth-order valence-corrected chi connectivity index (χ4v) is 1.85. The number of ether oxygens (including phenoxy) is 3. The van der Waals surface area contributed by atoms with Gasteiger partial charge in [0, 0.05) is 18.7 Å². The molecule has 0 amide bonds. The number of hydrogen-bond donors (Lipinski definition) is 1. The van der Waals surface area contributed by atoms with Gasteiger partial charge in [-0.1, -0.05) is 26.0 Å². The Morgan fingerprint density at radius 1 is 1.15 bits per heavy atom. The lowest BCUT2D eigenvalue weighted by atomic mass is 10.2. The minimum atomic E-state index is 0.535. The van der Waals surface area contributed by atoms with E-state index < -0.39 is 0 Å². The van der Waals surface area contributed by atoms with Crippen LogP contribution in [0.2, 0.25) is 0 Å². The fourth-order valence-electron chi connectivity index (χ4n) is 1.85. The van der Waals surface area contributed by atoms with Gasteiger partial charge in [0.15, 0.2) is 11.5 Å². The minimum absolute atomic E-state index is 0.535. The molecule has 0 aliphatic rings. The lowest BCUT2D eigenvalue weighted by molar-refractivity contribution is 0.0805. The number of hydrogen-bond acceptors (Lipinski definition) is 4. The number of rotatable bonds is 10. The first-order valence-electron chi connectivity index (χ1n) is 7.28. The normalized spacial score (nSPS) is 10.8. The lowest BCUT2D eigenvalue weighted by Crippen LogP contribution is -2.13. The summed E-state index contributed by atoms with van der Waals surface area (Å²) in [6.07, 6.45) is 0. The van der Waals surface area contributed by atoms with E-state index in [9.17, 15) is 0 Å². The summed E-state index contributed by atoms with van der Waals surface area (Å²) in [7, 11) is 1.92. The summed E-state index contributed by atoms with van der Waals surface area (Å²) in [5, 5.41) is 3.14. The van der Waals surface area contributed by atoms with Crippen molar-refractivity contribution in [2.45, 2.75) is 27.3 Å². The van der Waals surface area contributed by atoms with Gasteiger partial charge in [-0.15, -0.1) is 0 Å². The van der Waals surface area contributed by atoms with Crippen molar-refractivity contribution in [3.63, 3.8) is 0 Å². The van der Waals surface area contributed by atoms with Crippen LogP contribution in [0.1, 0.15) is 26.3 Å². The average Bonchev–Trinajstić information content (AvgIpc) is 2.41. The quantitative estimate of drug-likeness (QED) is 0.669. The molecule has 0 saturated carbocycles. The van der Waals surface area contributed by atoms with Crippen LogP contribution in [0.25, 0.3) is 0 Å². The van der Waals surface area contributed by atoms with Crippen molar-refractivity contribution in [2.75, 3.05) is 33.5 Å². The van der Waals surface area contributed by atoms with Gasteiger partial charge in [-0.05, 0) is 26.0 Å². The van der Waals surface area contributed by atoms with Gasteiger partial charge < -0.3 is 19.5 Å². The molecule has 1 aromatic rings. The summed E-state index contributed by atoms with van der Waals surface area (Å²) >= 11 is 0. The largest absolute Gasteiger partial charge is 0.490 e. The van der Waals surface area contributed by atoms with E-state index >= 15 is 0 Å². The van der Waals surface area contributed by atoms with Crippen molar-refractivity contribution in [3.05, 3.63) is 23.8 Å². The fraction of sp³-hybridized carbons (Fsp3) is 0.625. The third-order valence-corrected chi connectivity index (χ3v) is 2.65. The first-order valence-corrected chi connectivity index (χ1v) is 7.28. The second-order valence-corrected chi connectivity index (χ2v) is 5.02. The first-order chi connectivity index (χ1) is 9.69. The zero-order valence-corrected chi connectivity index (χ0v) is 13.1. The maximum Gasteiger partial charge on any atom is 0.165 e. The van der Waals surface area contributed by atoms with Crippen LogP contribution in [-0.2, 0) is 11.3 Å². The third-order valence-electron chi connectivity index (χ3n) is 2.65. The Hall–Kier alpha value is -1.26. The summed E-state index contributed by atoms with van der Waals surface area (Å²) in [5.41, 5.74) is 1.10. The maximum absolute atomic E-state index is 5.87. The van der Waals surface area contributed by atoms with E-state index in [1.807, 2.05) is 32.2 Å². The van der Waals surface area contributed by atoms with Gasteiger partial charge in [0.05, 0.1) is 13.2 Å². The van der Waals surface area contributed by atoms with E-state index in [0.717, 1.165) is 30.2 Å². The Kier molecular flexibility index (Phi) is 8.07. The van der Waals surface area contributed by atoms with Gasteiger partial charge >= 0.3 is 0 Å². The maximum atomic E-state index is 5.87. The van der Waals surface area contributed by atoms with Crippen LogP contribution in [0.5, 0.6) is 11.5 Å². The van der Waals surface area contributed by atoms with Crippen LogP contribution in [0.3, 0.4) is 0 Å². The molecule has 0 atom stereocenters. The van der Waals surface area contributed by atoms with Gasteiger partial charge in [0.1, 0.15) is 6.61 Å². The van der Waals surface area contributed by atoms with Crippen molar-refractivity contribution >= 4 is 0 Å². The molecule has 1 rings (SSSR count). The predicted octanol–water partition coefficient (Wildman–Crippen LogP) is 2.86. The highest BCUT2D eigenvalue weighted by molar-refractivity contribution is 5.46. The summed E-state index contributed by atoms with van der Waals surface area (Å²) in [6.45, 7) is 9.52. The summed E-state index contributed by atoms with van der Waals surface area (Å²) < 4.78 is 17.0. The van der Waals surface area contributed by atoms with E-state index in [1.54, 1.807) is 0 Å². The Balaban J connectivity index is 2.60. The Bertz CT molecular complexity index is 356. The molecule has 114 valence electrons. The highest BCUT2D eigenvalue weighted by atomic mass is 16.5. The molecule has 0 heterocycles. The van der Waals surface area contributed by atoms with Crippen LogP contribution >= 0.6 is 0 Å². The van der Waals surface area contributed by atoms with Gasteiger partial charge in [-0.2, -0.15) is 0 Å². The van der Waals surface area contributed by atoms with Gasteiger partial charge in [-0.3, -0.25) is 0 Å². The first kappa shape index (κ1) is 16.8. The molecule has 0 aromatic heterocycles. The molecular weight excluding hydrogens is 254 g/mol. The minimum Gasteiger partial charge on any atom is -0.490 e. The molecule has 1 aromatic carbocycles. The number of nitrogens with one attached hydrogen (secondary N) is 1. The van der Waals surface area contributed by atoms with Gasteiger partial charge in [0.25, 0.3) is 0 Å². The SMILES string of the molecule is CCOc1cccc(CNC)c1OCCOCC(C)C. The average molecular weight is 281 g/mol. The predicted molar refractivity (Wildman–Crippen MR) is 81.5 cm³/mol. The smallest absolute Gasteiger partial charge is 0.165 e. The van der Waals surface area contributed by atoms with Crippen molar-refractivity contribution in [2.24, 2.45) is 5.92 Å². The lowest BCUT2D eigenvalue weighted by Gasteiger charge is -2.16. The molecule has 0 bridgehead atoms. The third kappa shape index (κ3) is 5.80. The molecule has 0 fully saturated rings. The molecule has 20 heavy (non-hydrogen) atoms. The van der Waals surface area contributed by atoms with Crippen LogP contribution < -0.4 is 14.8 Å². The van der Waals surface area contributed by atoms with E-state index in [4.69, 9.17) is 14.2 Å². The van der Waals surface area contributed by atoms with Crippen molar-refractivity contribution < 1.29 is 14.2 Å². The van der Waals surface area contributed by atoms with Crippen LogP contribution in [0.4, 0.5) is 0 Å². The van der Waals surface area contributed by atoms with E-state index in [1.165, 1.54) is 0 Å². The van der Waals surface area contributed by atoms with Gasteiger partial charge in [-0.25, -0.2) is 0 Å². The highest BCUT2D eigenvalue weighted by Crippen LogP contribution is 2.31. The van der Waals surface area contributed by atoms with Gasteiger partial charge in [0.2, 0.25) is 0 Å². The van der Waals surface area contributed by atoms with Crippen LogP contribution in [0, 0.1) is 5.92 Å². The highest BCUT2D eigenvalue weighted by Gasteiger charge is 2.10. The van der Waals surface area contributed by atoms with Crippen molar-refractivity contribution in [1.82, 2.24) is 5.32 Å². The molecule has 4 nitrogen and oxygen atoms in total. The molecule has 0 aliphatic carbocycles. The zero-order chi connectivity index (χ0) is 14.8. The van der Waals surface area contributed by atoms with Crippen molar-refractivity contribution in [3.8, 4) is 11.5 Å². The monoisotopic (exact) mass is 281 g/mol. The molecule has 0 unspecified atom stereocenters. The molecule has 0 radical (unpaired) electrons. The number of benzene rings is 1. The molecule has 0 spiro atoms. The van der Waals surface area contributed by atoms with E-state index in [-0.39, 0.29) is 0 Å². The Labute approximate surface area is 122 Å². The molecular formula is C16H27NO3. The summed E-state index contributed by atoms with van der Waals surface area (Å²) in [4.78, 5) is 0. The standard InChI is InChI=1S/C16H27NO3/c1-5-19-15-8-6-7-14(11-17-4)16(15)20-10-9-18-12-13(2)3/h6-8,13,17H,5,9-12H2,1-4H3. The zero-order valence-electron chi connectivity index (χ0n) is 13.1. The summed E-state index contributed by atoms with van der Waals surface area (Å²) in [6, 6.07) is 5.97. The second-order valence-electron chi connectivity index (χ2n) is 5.02. The second kappa shape index (κ2) is 9.61. The topological polar surface area (TPSA) is 39.7 Å². The number of para-hydroxylation sites is 1. The molecule has 0 aliphatic heterocycles. The summed E-state index contributed by atoms with van der Waals surface area (Å²) in [5.74, 6) is 2.16. The Morgan fingerprint density at radius 3 is 2.60 bits per heavy atom. The molecule has 1 N–H and O–H groups in total. The van der Waals surface area contributed by atoms with Crippen molar-refractivity contribution in [1.29, 1.82) is 0 Å². The van der Waals surface area contributed by atoms with E-state index in [2.05, 4.69) is 19.2 Å². The molecule has 4 heteroatoms. The van der Waals surface area contributed by atoms with Crippen LogP contribution in [-0.4, -0.2) is 33.5 Å². The Morgan fingerprint density at radius 2 is 1.95 bits per heavy atom.